The van der Waals surface area contributed by atoms with Crippen LogP contribution in [0.3, 0.4) is 0 Å². The third-order valence-electron chi connectivity index (χ3n) is 4.72. The van der Waals surface area contributed by atoms with Crippen molar-refractivity contribution in [2.24, 2.45) is 5.92 Å². The summed E-state index contributed by atoms with van der Waals surface area (Å²) in [6.45, 7) is 2.80. The molecule has 1 amide bonds. The van der Waals surface area contributed by atoms with Crippen LogP contribution in [-0.4, -0.2) is 37.0 Å². The maximum absolute atomic E-state index is 12.0. The fourth-order valence-corrected chi connectivity index (χ4v) is 3.21. The maximum atomic E-state index is 12.0. The van der Waals surface area contributed by atoms with E-state index in [2.05, 4.69) is 22.3 Å². The Morgan fingerprint density at radius 2 is 2.18 bits per heavy atom. The number of nitrogens with one attached hydrogen (secondary N) is 1. The van der Waals surface area contributed by atoms with E-state index in [1.807, 2.05) is 12.1 Å². The normalized spacial score (nSPS) is 21.4. The number of methoxy groups -OCH3 is 1. The molecule has 2 aliphatic rings. The summed E-state index contributed by atoms with van der Waals surface area (Å²) in [5.41, 5.74) is 1.23. The van der Waals surface area contributed by atoms with Crippen LogP contribution in [0.25, 0.3) is 0 Å². The molecule has 1 heterocycles. The molecule has 1 saturated carbocycles. The standard InChI is InChI=1S/C18H26N2O2/c1-22-17-4-2-3-15(11-17)12-19-10-9-16-7-8-18(21)20(16)13-14-5-6-14/h2-4,11,14,16,19H,5-10,12-13H2,1H3. The summed E-state index contributed by atoms with van der Waals surface area (Å²) in [5.74, 6) is 2.05. The molecule has 1 atom stereocenters. The third kappa shape index (κ3) is 4.01. The fraction of sp³-hybridized carbons (Fsp3) is 0.611. The van der Waals surface area contributed by atoms with E-state index in [-0.39, 0.29) is 0 Å². The quantitative estimate of drug-likeness (QED) is 0.751. The zero-order valence-corrected chi connectivity index (χ0v) is 13.4. The topological polar surface area (TPSA) is 41.6 Å². The van der Waals surface area contributed by atoms with Crippen molar-refractivity contribution in [3.05, 3.63) is 29.8 Å². The summed E-state index contributed by atoms with van der Waals surface area (Å²) >= 11 is 0. The molecule has 22 heavy (non-hydrogen) atoms. The van der Waals surface area contributed by atoms with Crippen molar-refractivity contribution in [2.75, 3.05) is 20.2 Å². The van der Waals surface area contributed by atoms with Gasteiger partial charge in [0, 0.05) is 25.6 Å². The molecule has 1 aliphatic heterocycles. The fourth-order valence-electron chi connectivity index (χ4n) is 3.21. The Labute approximate surface area is 132 Å². The maximum Gasteiger partial charge on any atom is 0.222 e. The van der Waals surface area contributed by atoms with Gasteiger partial charge in [-0.2, -0.15) is 0 Å². The molecule has 4 heteroatoms. The first kappa shape index (κ1) is 15.3. The summed E-state index contributed by atoms with van der Waals surface area (Å²) in [7, 11) is 1.69. The van der Waals surface area contributed by atoms with Crippen LogP contribution in [-0.2, 0) is 11.3 Å². The average Bonchev–Trinajstić information content (AvgIpc) is 3.30. The van der Waals surface area contributed by atoms with Gasteiger partial charge in [0.05, 0.1) is 7.11 Å². The number of amides is 1. The number of carbonyl (C=O) groups is 1. The van der Waals surface area contributed by atoms with Crippen molar-refractivity contribution in [3.8, 4) is 5.75 Å². The highest BCUT2D eigenvalue weighted by atomic mass is 16.5. The van der Waals surface area contributed by atoms with Crippen molar-refractivity contribution in [3.63, 3.8) is 0 Å². The van der Waals surface area contributed by atoms with Crippen molar-refractivity contribution in [2.45, 2.75) is 44.7 Å². The summed E-state index contributed by atoms with van der Waals surface area (Å²) in [4.78, 5) is 14.1. The Balaban J connectivity index is 1.41. The molecular formula is C18H26N2O2. The Hall–Kier alpha value is -1.55. The summed E-state index contributed by atoms with van der Waals surface area (Å²) in [5, 5.41) is 3.49. The van der Waals surface area contributed by atoms with E-state index in [9.17, 15) is 4.79 Å². The number of nitrogens with zero attached hydrogens (tertiary/aromatic N) is 1. The zero-order valence-electron chi connectivity index (χ0n) is 13.4. The summed E-state index contributed by atoms with van der Waals surface area (Å²) in [6.07, 6.45) is 5.46. The van der Waals surface area contributed by atoms with Gasteiger partial charge >= 0.3 is 0 Å². The van der Waals surface area contributed by atoms with Crippen LogP contribution in [0.2, 0.25) is 0 Å². The minimum absolute atomic E-state index is 0.365. The average molecular weight is 302 g/mol. The zero-order chi connectivity index (χ0) is 15.4. The molecule has 0 bridgehead atoms. The third-order valence-corrected chi connectivity index (χ3v) is 4.72. The first-order chi connectivity index (χ1) is 10.8. The largest absolute Gasteiger partial charge is 0.497 e. The molecule has 4 nitrogen and oxygen atoms in total. The molecule has 1 aromatic rings. The van der Waals surface area contributed by atoms with Gasteiger partial charge in [-0.1, -0.05) is 12.1 Å². The second kappa shape index (κ2) is 7.14. The first-order valence-electron chi connectivity index (χ1n) is 8.39. The predicted octanol–water partition coefficient (Wildman–Crippen LogP) is 2.58. The lowest BCUT2D eigenvalue weighted by Crippen LogP contribution is -2.36. The van der Waals surface area contributed by atoms with Gasteiger partial charge in [-0.25, -0.2) is 0 Å². The van der Waals surface area contributed by atoms with Crippen LogP contribution in [0.4, 0.5) is 0 Å². The van der Waals surface area contributed by atoms with Gasteiger partial charge in [0.1, 0.15) is 5.75 Å². The smallest absolute Gasteiger partial charge is 0.222 e. The van der Waals surface area contributed by atoms with Crippen molar-refractivity contribution in [1.29, 1.82) is 0 Å². The highest BCUT2D eigenvalue weighted by Gasteiger charge is 2.34. The van der Waals surface area contributed by atoms with E-state index < -0.39 is 0 Å². The Morgan fingerprint density at radius 3 is 2.95 bits per heavy atom. The van der Waals surface area contributed by atoms with Gasteiger partial charge in [0.25, 0.3) is 0 Å². The van der Waals surface area contributed by atoms with Crippen LogP contribution >= 0.6 is 0 Å². The number of likely N-dealkylation sites (tertiary alicyclic amines) is 1. The van der Waals surface area contributed by atoms with E-state index in [1.165, 1.54) is 18.4 Å². The van der Waals surface area contributed by atoms with Crippen molar-refractivity contribution < 1.29 is 9.53 Å². The molecule has 1 saturated heterocycles. The minimum atomic E-state index is 0.365. The summed E-state index contributed by atoms with van der Waals surface area (Å²) < 4.78 is 5.24. The number of carbonyl (C=O) groups excluding carboxylic acids is 1. The number of hydrogen-bond donors (Lipinski definition) is 1. The van der Waals surface area contributed by atoms with E-state index in [0.717, 1.165) is 50.6 Å². The molecule has 1 N–H and O–H groups in total. The number of hydrogen-bond acceptors (Lipinski definition) is 3. The molecule has 1 aromatic carbocycles. The molecular weight excluding hydrogens is 276 g/mol. The monoisotopic (exact) mass is 302 g/mol. The second-order valence-electron chi connectivity index (χ2n) is 6.50. The van der Waals surface area contributed by atoms with Crippen LogP contribution in [0.1, 0.15) is 37.7 Å². The number of benzene rings is 1. The molecule has 120 valence electrons. The van der Waals surface area contributed by atoms with Crippen LogP contribution in [0.15, 0.2) is 24.3 Å². The van der Waals surface area contributed by atoms with E-state index in [4.69, 9.17) is 4.74 Å². The Bertz CT molecular complexity index is 514. The van der Waals surface area contributed by atoms with Gasteiger partial charge in [-0.05, 0) is 55.8 Å². The Kier molecular flexibility index (Phi) is 4.98. The summed E-state index contributed by atoms with van der Waals surface area (Å²) in [6, 6.07) is 8.59. The van der Waals surface area contributed by atoms with Gasteiger partial charge < -0.3 is 15.0 Å². The van der Waals surface area contributed by atoms with Crippen LogP contribution in [0.5, 0.6) is 5.75 Å². The van der Waals surface area contributed by atoms with Gasteiger partial charge in [-0.3, -0.25) is 4.79 Å². The van der Waals surface area contributed by atoms with Crippen LogP contribution < -0.4 is 10.1 Å². The molecule has 2 fully saturated rings. The van der Waals surface area contributed by atoms with E-state index in [0.29, 0.717) is 11.9 Å². The second-order valence-corrected chi connectivity index (χ2v) is 6.50. The highest BCUT2D eigenvalue weighted by Crippen LogP contribution is 2.33. The molecule has 1 unspecified atom stereocenters. The van der Waals surface area contributed by atoms with Crippen molar-refractivity contribution in [1.82, 2.24) is 10.2 Å². The van der Waals surface area contributed by atoms with Crippen LogP contribution in [0, 0.1) is 5.92 Å². The SMILES string of the molecule is COc1cccc(CNCCC2CCC(=O)N2CC2CC2)c1. The van der Waals surface area contributed by atoms with Gasteiger partial charge in [-0.15, -0.1) is 0 Å². The predicted molar refractivity (Wildman–Crippen MR) is 86.8 cm³/mol. The van der Waals surface area contributed by atoms with Gasteiger partial charge in [0.15, 0.2) is 0 Å². The Morgan fingerprint density at radius 1 is 1.32 bits per heavy atom. The van der Waals surface area contributed by atoms with E-state index >= 15 is 0 Å². The molecule has 0 radical (unpaired) electrons. The molecule has 3 rings (SSSR count). The molecule has 0 aromatic heterocycles. The van der Waals surface area contributed by atoms with Gasteiger partial charge in [0.2, 0.25) is 5.91 Å². The molecule has 1 aliphatic carbocycles. The van der Waals surface area contributed by atoms with Crippen molar-refractivity contribution >= 4 is 5.91 Å². The molecule has 0 spiro atoms. The lowest BCUT2D eigenvalue weighted by Gasteiger charge is -2.25. The van der Waals surface area contributed by atoms with E-state index in [1.54, 1.807) is 7.11 Å². The first-order valence-corrected chi connectivity index (χ1v) is 8.39. The lowest BCUT2D eigenvalue weighted by atomic mass is 10.1. The number of ether oxygens (including phenoxy) is 1. The highest BCUT2D eigenvalue weighted by molar-refractivity contribution is 5.78. The number of rotatable bonds is 8. The lowest BCUT2D eigenvalue weighted by molar-refractivity contribution is -0.129. The minimum Gasteiger partial charge on any atom is -0.497 e.